The number of alkyl halides is 9. The van der Waals surface area contributed by atoms with Crippen LogP contribution < -0.4 is 11.1 Å². The molecule has 0 saturated heterocycles. The molecule has 0 aliphatic heterocycles. The van der Waals surface area contributed by atoms with E-state index in [1.165, 1.54) is 19.9 Å². The summed E-state index contributed by atoms with van der Waals surface area (Å²) in [5.41, 5.74) is -0.226. The third-order valence-corrected chi connectivity index (χ3v) is 7.66. The molecule has 0 spiro atoms. The van der Waals surface area contributed by atoms with Crippen molar-refractivity contribution in [3.05, 3.63) is 65.4 Å². The molecular weight excluding hydrogens is 507 g/mol. The summed E-state index contributed by atoms with van der Waals surface area (Å²) in [6.45, 7) is 6.78. The van der Waals surface area contributed by atoms with Gasteiger partial charge in [-0.25, -0.2) is 0 Å². The van der Waals surface area contributed by atoms with Crippen molar-refractivity contribution >= 4 is 32.3 Å². The molecule has 0 amide bonds. The maximum absolute atomic E-state index is 13.4. The first kappa shape index (κ1) is 28.5. The molecule has 0 atom stereocenters. The molecule has 0 bridgehead atoms. The number of nitrogens with one attached hydrogen (secondary N) is 1. The largest absolute Gasteiger partial charge is 0.418 e. The van der Waals surface area contributed by atoms with E-state index in [1.54, 1.807) is 0 Å². The number of hydrogen-bond acceptors (Lipinski definition) is 2. The van der Waals surface area contributed by atoms with Gasteiger partial charge in [0.25, 0.3) is 0 Å². The van der Waals surface area contributed by atoms with Crippen molar-refractivity contribution in [3.8, 4) is 0 Å². The normalized spacial score (nSPS) is 13.6. The topological polar surface area (TPSA) is 38.0 Å². The lowest BCUT2D eigenvalue weighted by Crippen LogP contribution is -2.25. The lowest BCUT2D eigenvalue weighted by Gasteiger charge is -2.33. The van der Waals surface area contributed by atoms with Gasteiger partial charge < -0.3 is 11.1 Å². The Kier molecular flexibility index (Phi) is 7.35. The van der Waals surface area contributed by atoms with Gasteiger partial charge in [-0.2, -0.15) is 48.7 Å². The summed E-state index contributed by atoms with van der Waals surface area (Å²) in [4.78, 5) is -0.357. The summed E-state index contributed by atoms with van der Waals surface area (Å²) in [5.74, 6) is 7.42. The van der Waals surface area contributed by atoms with Crippen LogP contribution in [0.5, 0.6) is 0 Å². The fourth-order valence-electron chi connectivity index (χ4n) is 3.27. The van der Waals surface area contributed by atoms with E-state index in [-0.39, 0.29) is 33.8 Å². The van der Waals surface area contributed by atoms with Crippen LogP contribution in [0.1, 0.15) is 30.5 Å². The lowest BCUT2D eigenvalue weighted by molar-refractivity contribution is -0.143. The maximum atomic E-state index is 13.4. The summed E-state index contributed by atoms with van der Waals surface area (Å²) in [7, 11) is -2.81. The second kappa shape index (κ2) is 9.03. The van der Waals surface area contributed by atoms with Gasteiger partial charge in [0.15, 0.2) is 0 Å². The number of nitrogens with two attached hydrogens (primary N) is 1. The molecule has 0 aliphatic carbocycles. The Balaban J connectivity index is 2.45. The summed E-state index contributed by atoms with van der Waals surface area (Å²) in [5, 5.41) is 2.56. The van der Waals surface area contributed by atoms with Gasteiger partial charge in [-0.05, 0) is 47.0 Å². The van der Waals surface area contributed by atoms with E-state index in [4.69, 9.17) is 5.73 Å². The third kappa shape index (κ3) is 6.89. The van der Waals surface area contributed by atoms with Crippen molar-refractivity contribution < 1.29 is 39.5 Å². The fraction of sp³-hybridized carbons (Fsp3) is 0.304. The fourth-order valence-corrected chi connectivity index (χ4v) is 5.75. The van der Waals surface area contributed by atoms with Gasteiger partial charge >= 0.3 is 18.5 Å². The number of rotatable bonds is 6. The second-order valence-corrected chi connectivity index (χ2v) is 11.6. The molecule has 35 heavy (non-hydrogen) atoms. The highest BCUT2D eigenvalue weighted by Gasteiger charge is 2.38. The summed E-state index contributed by atoms with van der Waals surface area (Å²) >= 11 is 0. The predicted octanol–water partition coefficient (Wildman–Crippen LogP) is 8.00. The van der Waals surface area contributed by atoms with Crippen LogP contribution in [0.2, 0.25) is 0 Å². The highest BCUT2D eigenvalue weighted by molar-refractivity contribution is 8.27. The Morgan fingerprint density at radius 3 is 1.74 bits per heavy atom. The van der Waals surface area contributed by atoms with Crippen LogP contribution in [0.25, 0.3) is 0 Å². The van der Waals surface area contributed by atoms with Crippen LogP contribution in [0, 0.1) is 5.41 Å². The van der Waals surface area contributed by atoms with Crippen LogP contribution in [0.4, 0.5) is 50.9 Å². The van der Waals surface area contributed by atoms with E-state index in [1.807, 2.05) is 0 Å². The van der Waals surface area contributed by atoms with Gasteiger partial charge in [-0.3, -0.25) is 0 Å². The van der Waals surface area contributed by atoms with Crippen molar-refractivity contribution in [2.24, 2.45) is 5.41 Å². The van der Waals surface area contributed by atoms with Crippen LogP contribution in [0.15, 0.2) is 53.6 Å². The molecule has 0 saturated carbocycles. The zero-order valence-electron chi connectivity index (χ0n) is 18.7. The highest BCUT2D eigenvalue weighted by atomic mass is 32.2. The Morgan fingerprint density at radius 2 is 1.31 bits per heavy atom. The number of anilines is 2. The van der Waals surface area contributed by atoms with Gasteiger partial charge in [0.05, 0.1) is 22.4 Å². The molecule has 0 aliphatic rings. The first-order valence-electron chi connectivity index (χ1n) is 9.74. The smallest absolute Gasteiger partial charge is 0.399 e. The van der Waals surface area contributed by atoms with Crippen LogP contribution in [-0.4, -0.2) is 17.5 Å². The molecule has 194 valence electrons. The summed E-state index contributed by atoms with van der Waals surface area (Å²) < 4.78 is 120. The SMILES string of the molecule is C=C(Nc1ccc(N)cc1C(F)(F)F)C(C)(C)CS(=C)(=C)c1cc(C(F)(F)F)cc(C(F)(F)F)c1. The molecule has 0 aromatic heterocycles. The molecule has 2 aromatic carbocycles. The van der Waals surface area contributed by atoms with Crippen molar-refractivity contribution in [1.29, 1.82) is 0 Å². The average molecular weight is 531 g/mol. The molecule has 0 fully saturated rings. The molecule has 2 rings (SSSR count). The zero-order chi connectivity index (χ0) is 27.2. The average Bonchev–Trinajstić information content (AvgIpc) is 2.66. The van der Waals surface area contributed by atoms with Gasteiger partial charge in [-0.15, -0.1) is 0 Å². The van der Waals surface area contributed by atoms with Gasteiger partial charge in [0.2, 0.25) is 0 Å². The Bertz CT molecular complexity index is 1190. The molecule has 0 unspecified atom stereocenters. The molecule has 2 aromatic rings. The number of benzene rings is 2. The number of allylic oxidation sites excluding steroid dienone is 1. The molecule has 3 N–H and O–H groups in total. The highest BCUT2D eigenvalue weighted by Crippen LogP contribution is 2.46. The van der Waals surface area contributed by atoms with E-state index < -0.39 is 49.8 Å². The molecule has 2 nitrogen and oxygen atoms in total. The van der Waals surface area contributed by atoms with Crippen molar-refractivity contribution in [3.63, 3.8) is 0 Å². The monoisotopic (exact) mass is 530 g/mol. The summed E-state index contributed by atoms with van der Waals surface area (Å²) in [6.07, 6.45) is -14.8. The van der Waals surface area contributed by atoms with Gasteiger partial charge in [-0.1, -0.05) is 32.2 Å². The molecular formula is C23H23F9N2S. The minimum Gasteiger partial charge on any atom is -0.399 e. The van der Waals surface area contributed by atoms with E-state index >= 15 is 0 Å². The Labute approximate surface area is 197 Å². The molecule has 12 heteroatoms. The lowest BCUT2D eigenvalue weighted by atomic mass is 9.92. The maximum Gasteiger partial charge on any atom is 0.418 e. The number of nitrogen functional groups attached to an aromatic ring is 1. The first-order chi connectivity index (χ1) is 15.5. The first-order valence-corrected chi connectivity index (χ1v) is 11.9. The molecule has 0 radical (unpaired) electrons. The van der Waals surface area contributed by atoms with Crippen LogP contribution in [0.3, 0.4) is 0 Å². The van der Waals surface area contributed by atoms with E-state index in [0.717, 1.165) is 12.1 Å². The van der Waals surface area contributed by atoms with Gasteiger partial charge in [0, 0.05) is 16.8 Å². The number of hydrogen-bond donors (Lipinski definition) is 2. The van der Waals surface area contributed by atoms with Crippen molar-refractivity contribution in [2.45, 2.75) is 37.3 Å². The minimum atomic E-state index is -5.05. The quantitative estimate of drug-likeness (QED) is 0.226. The number of halogens is 9. The van der Waals surface area contributed by atoms with E-state index in [0.29, 0.717) is 12.1 Å². The van der Waals surface area contributed by atoms with E-state index in [9.17, 15) is 39.5 Å². The molecule has 0 heterocycles. The summed E-state index contributed by atoms with van der Waals surface area (Å²) in [6, 6.07) is 4.19. The van der Waals surface area contributed by atoms with Crippen molar-refractivity contribution in [1.82, 2.24) is 0 Å². The Hall–Kier alpha value is -2.76. The van der Waals surface area contributed by atoms with Crippen molar-refractivity contribution in [2.75, 3.05) is 16.8 Å². The zero-order valence-corrected chi connectivity index (χ0v) is 19.5. The van der Waals surface area contributed by atoms with E-state index in [2.05, 4.69) is 23.6 Å². The van der Waals surface area contributed by atoms with Gasteiger partial charge in [0.1, 0.15) is 0 Å². The van der Waals surface area contributed by atoms with Crippen LogP contribution in [-0.2, 0) is 18.5 Å². The third-order valence-electron chi connectivity index (χ3n) is 5.15. The second-order valence-electron chi connectivity index (χ2n) is 8.72. The predicted molar refractivity (Wildman–Crippen MR) is 124 cm³/mol. The minimum absolute atomic E-state index is 0.00439. The van der Waals surface area contributed by atoms with Crippen LogP contribution >= 0.6 is 9.21 Å². The Morgan fingerprint density at radius 1 is 0.829 bits per heavy atom. The standard InChI is InChI=1S/C23H23F9N2S/c1-13(34-19-7-6-16(33)11-18(19)23(30,31)32)20(2,3)12-35(4,5)17-9-14(21(24,25)26)8-15(10-17)22(27,28)29/h6-11,34H,1,4-5,12,33H2,2-3H3.